The summed E-state index contributed by atoms with van der Waals surface area (Å²) in [6, 6.07) is 9.04. The number of carbonyl (C=O) groups is 2. The van der Waals surface area contributed by atoms with Gasteiger partial charge in [-0.15, -0.1) is 0 Å². The lowest BCUT2D eigenvalue weighted by molar-refractivity contribution is -0.139. The SMILES string of the molecule is CC(N)C(C)C(=O)N1CCCCC1CNC(=O)c1ccccc1. The van der Waals surface area contributed by atoms with Gasteiger partial charge in [-0.3, -0.25) is 9.59 Å². The van der Waals surface area contributed by atoms with Crippen LogP contribution in [0.25, 0.3) is 0 Å². The van der Waals surface area contributed by atoms with E-state index in [2.05, 4.69) is 5.32 Å². The average molecular weight is 317 g/mol. The standard InChI is InChI=1S/C18H27N3O2/c1-13(14(2)19)18(23)21-11-7-6-10-16(21)12-20-17(22)15-8-4-3-5-9-15/h3-5,8-9,13-14,16H,6-7,10-12,19H2,1-2H3,(H,20,22). The van der Waals surface area contributed by atoms with Crippen LogP contribution in [0.5, 0.6) is 0 Å². The van der Waals surface area contributed by atoms with E-state index in [1.807, 2.05) is 36.9 Å². The van der Waals surface area contributed by atoms with Crippen LogP contribution in [0.15, 0.2) is 30.3 Å². The number of hydrogen-bond acceptors (Lipinski definition) is 3. The number of piperidine rings is 1. The van der Waals surface area contributed by atoms with Gasteiger partial charge in [0.15, 0.2) is 0 Å². The molecule has 0 bridgehead atoms. The van der Waals surface area contributed by atoms with Crippen LogP contribution >= 0.6 is 0 Å². The molecule has 1 aliphatic heterocycles. The molecule has 2 rings (SSSR count). The third kappa shape index (κ3) is 4.55. The van der Waals surface area contributed by atoms with Gasteiger partial charge in [-0.25, -0.2) is 0 Å². The Labute approximate surface area is 138 Å². The van der Waals surface area contributed by atoms with Gasteiger partial charge >= 0.3 is 0 Å². The summed E-state index contributed by atoms with van der Waals surface area (Å²) < 4.78 is 0. The zero-order chi connectivity index (χ0) is 16.8. The molecular formula is C18H27N3O2. The fourth-order valence-corrected chi connectivity index (χ4v) is 2.89. The van der Waals surface area contributed by atoms with Gasteiger partial charge in [0.2, 0.25) is 5.91 Å². The Morgan fingerprint density at radius 1 is 1.26 bits per heavy atom. The number of nitrogens with one attached hydrogen (secondary N) is 1. The van der Waals surface area contributed by atoms with Crippen molar-refractivity contribution in [2.45, 2.75) is 45.2 Å². The van der Waals surface area contributed by atoms with E-state index in [4.69, 9.17) is 5.73 Å². The molecule has 1 aliphatic rings. The molecule has 3 N–H and O–H groups in total. The fraction of sp³-hybridized carbons (Fsp3) is 0.556. The second kappa shape index (κ2) is 8.11. The Morgan fingerprint density at radius 2 is 1.96 bits per heavy atom. The zero-order valence-corrected chi connectivity index (χ0v) is 14.0. The molecule has 1 saturated heterocycles. The number of hydrogen-bond donors (Lipinski definition) is 2. The van der Waals surface area contributed by atoms with Crippen molar-refractivity contribution in [2.24, 2.45) is 11.7 Å². The van der Waals surface area contributed by atoms with Gasteiger partial charge < -0.3 is 16.0 Å². The van der Waals surface area contributed by atoms with Gasteiger partial charge in [0, 0.05) is 30.7 Å². The molecule has 1 aromatic carbocycles. The van der Waals surface area contributed by atoms with E-state index in [1.165, 1.54) is 0 Å². The van der Waals surface area contributed by atoms with Crippen LogP contribution in [0.2, 0.25) is 0 Å². The van der Waals surface area contributed by atoms with Crippen LogP contribution in [0, 0.1) is 5.92 Å². The maximum absolute atomic E-state index is 12.6. The summed E-state index contributed by atoms with van der Waals surface area (Å²) in [6.07, 6.45) is 3.02. The fourth-order valence-electron chi connectivity index (χ4n) is 2.89. The van der Waals surface area contributed by atoms with Gasteiger partial charge in [-0.2, -0.15) is 0 Å². The van der Waals surface area contributed by atoms with Gasteiger partial charge in [-0.05, 0) is 38.3 Å². The Morgan fingerprint density at radius 3 is 2.61 bits per heavy atom. The zero-order valence-electron chi connectivity index (χ0n) is 14.0. The number of likely N-dealkylation sites (tertiary alicyclic amines) is 1. The molecule has 23 heavy (non-hydrogen) atoms. The first-order valence-electron chi connectivity index (χ1n) is 8.40. The molecule has 5 heteroatoms. The van der Waals surface area contributed by atoms with Crippen LogP contribution in [0.3, 0.4) is 0 Å². The second-order valence-electron chi connectivity index (χ2n) is 6.41. The molecule has 0 radical (unpaired) electrons. The van der Waals surface area contributed by atoms with Gasteiger partial charge in [0.1, 0.15) is 0 Å². The van der Waals surface area contributed by atoms with E-state index < -0.39 is 0 Å². The molecule has 2 amide bonds. The smallest absolute Gasteiger partial charge is 0.251 e. The van der Waals surface area contributed by atoms with E-state index in [0.717, 1.165) is 25.8 Å². The summed E-state index contributed by atoms with van der Waals surface area (Å²) in [6.45, 7) is 4.98. The Balaban J connectivity index is 1.96. The van der Waals surface area contributed by atoms with E-state index in [9.17, 15) is 9.59 Å². The number of nitrogens with two attached hydrogens (primary N) is 1. The van der Waals surface area contributed by atoms with Crippen molar-refractivity contribution in [1.29, 1.82) is 0 Å². The van der Waals surface area contributed by atoms with Crippen LogP contribution in [-0.2, 0) is 4.79 Å². The maximum atomic E-state index is 12.6. The highest BCUT2D eigenvalue weighted by Gasteiger charge is 2.31. The van der Waals surface area contributed by atoms with Gasteiger partial charge in [0.25, 0.3) is 5.91 Å². The van der Waals surface area contributed by atoms with Crippen LogP contribution in [-0.4, -0.2) is 41.9 Å². The molecule has 1 aromatic rings. The van der Waals surface area contributed by atoms with Crippen molar-refractivity contribution in [2.75, 3.05) is 13.1 Å². The Bertz CT molecular complexity index is 530. The maximum Gasteiger partial charge on any atom is 0.251 e. The summed E-state index contributed by atoms with van der Waals surface area (Å²) in [5.74, 6) is -0.192. The van der Waals surface area contributed by atoms with Crippen molar-refractivity contribution in [3.63, 3.8) is 0 Å². The molecule has 3 atom stereocenters. The third-order valence-electron chi connectivity index (χ3n) is 4.62. The van der Waals surface area contributed by atoms with Crippen LogP contribution < -0.4 is 11.1 Å². The largest absolute Gasteiger partial charge is 0.350 e. The number of amides is 2. The summed E-state index contributed by atoms with van der Waals surface area (Å²) >= 11 is 0. The molecule has 1 heterocycles. The Kier molecular flexibility index (Phi) is 6.16. The van der Waals surface area contributed by atoms with E-state index in [0.29, 0.717) is 12.1 Å². The normalized spacial score (nSPS) is 20.7. The summed E-state index contributed by atoms with van der Waals surface area (Å²) in [7, 11) is 0. The molecule has 1 fully saturated rings. The highest BCUT2D eigenvalue weighted by molar-refractivity contribution is 5.94. The van der Waals surface area contributed by atoms with E-state index in [-0.39, 0.29) is 29.8 Å². The molecular weight excluding hydrogens is 290 g/mol. The van der Waals surface area contributed by atoms with E-state index >= 15 is 0 Å². The van der Waals surface area contributed by atoms with Crippen molar-refractivity contribution in [3.8, 4) is 0 Å². The molecule has 5 nitrogen and oxygen atoms in total. The van der Waals surface area contributed by atoms with Crippen molar-refractivity contribution >= 4 is 11.8 Å². The minimum Gasteiger partial charge on any atom is -0.350 e. The lowest BCUT2D eigenvalue weighted by atomic mass is 9.96. The first-order chi connectivity index (χ1) is 11.0. The lowest BCUT2D eigenvalue weighted by Gasteiger charge is -2.38. The van der Waals surface area contributed by atoms with Crippen molar-refractivity contribution < 1.29 is 9.59 Å². The minimum atomic E-state index is -0.194. The summed E-state index contributed by atoms with van der Waals surface area (Å²) in [4.78, 5) is 26.7. The van der Waals surface area contributed by atoms with E-state index in [1.54, 1.807) is 12.1 Å². The number of carbonyl (C=O) groups excluding carboxylic acids is 2. The monoisotopic (exact) mass is 317 g/mol. The molecule has 0 aliphatic carbocycles. The first kappa shape index (κ1) is 17.5. The molecule has 126 valence electrons. The van der Waals surface area contributed by atoms with Crippen molar-refractivity contribution in [3.05, 3.63) is 35.9 Å². The second-order valence-corrected chi connectivity index (χ2v) is 6.41. The number of benzene rings is 1. The average Bonchev–Trinajstić information content (AvgIpc) is 2.59. The third-order valence-corrected chi connectivity index (χ3v) is 4.62. The quantitative estimate of drug-likeness (QED) is 0.869. The topological polar surface area (TPSA) is 75.4 Å². The number of nitrogens with zero attached hydrogens (tertiary/aromatic N) is 1. The van der Waals surface area contributed by atoms with Crippen LogP contribution in [0.4, 0.5) is 0 Å². The first-order valence-corrected chi connectivity index (χ1v) is 8.40. The summed E-state index contributed by atoms with van der Waals surface area (Å²) in [5, 5.41) is 2.96. The number of rotatable bonds is 5. The highest BCUT2D eigenvalue weighted by atomic mass is 16.2. The Hall–Kier alpha value is -1.88. The predicted octanol–water partition coefficient (Wildman–Crippen LogP) is 1.78. The minimum absolute atomic E-state index is 0.0603. The lowest BCUT2D eigenvalue weighted by Crippen LogP contribution is -2.52. The molecule has 0 aromatic heterocycles. The van der Waals surface area contributed by atoms with Gasteiger partial charge in [0.05, 0.1) is 5.92 Å². The molecule has 0 saturated carbocycles. The highest BCUT2D eigenvalue weighted by Crippen LogP contribution is 2.20. The van der Waals surface area contributed by atoms with Crippen LogP contribution in [0.1, 0.15) is 43.5 Å². The molecule has 0 spiro atoms. The molecule has 3 unspecified atom stereocenters. The van der Waals surface area contributed by atoms with Gasteiger partial charge in [-0.1, -0.05) is 25.1 Å². The predicted molar refractivity (Wildman–Crippen MR) is 90.9 cm³/mol. The van der Waals surface area contributed by atoms with Crippen molar-refractivity contribution in [1.82, 2.24) is 10.2 Å². The summed E-state index contributed by atoms with van der Waals surface area (Å²) in [5.41, 5.74) is 6.51.